The summed E-state index contributed by atoms with van der Waals surface area (Å²) in [6.07, 6.45) is 3.74. The van der Waals surface area contributed by atoms with Gasteiger partial charge in [0.05, 0.1) is 18.3 Å². The number of para-hydroxylation sites is 1. The largest absolute Gasteiger partial charge is 0.273 e. The molecule has 1 N–H and O–H groups in total. The van der Waals surface area contributed by atoms with Crippen molar-refractivity contribution in [1.82, 2.24) is 15.2 Å². The van der Waals surface area contributed by atoms with Crippen molar-refractivity contribution in [2.45, 2.75) is 6.42 Å². The number of aromatic nitrogens is 2. The van der Waals surface area contributed by atoms with E-state index < -0.39 is 0 Å². The second kappa shape index (κ2) is 9.20. The maximum atomic E-state index is 12.2. The number of amides is 1. The highest BCUT2D eigenvalue weighted by Crippen LogP contribution is 2.22. The van der Waals surface area contributed by atoms with Gasteiger partial charge in [0.15, 0.2) is 0 Å². The van der Waals surface area contributed by atoms with E-state index in [0.717, 1.165) is 28.1 Å². The first kappa shape index (κ1) is 19.6. The lowest BCUT2D eigenvalue weighted by Gasteiger charge is -2.01. The molecule has 1 amide bonds. The summed E-state index contributed by atoms with van der Waals surface area (Å²) in [6.45, 7) is 0. The molecule has 1 heterocycles. The number of hydrogen-bond acceptors (Lipinski definition) is 3. The molecule has 0 saturated heterocycles. The van der Waals surface area contributed by atoms with E-state index in [1.807, 2.05) is 79.0 Å². The van der Waals surface area contributed by atoms with Crippen LogP contribution in [0.4, 0.5) is 0 Å². The minimum Gasteiger partial charge on any atom is -0.273 e. The van der Waals surface area contributed by atoms with Gasteiger partial charge in [-0.2, -0.15) is 10.2 Å². The lowest BCUT2D eigenvalue weighted by molar-refractivity contribution is -0.120. The van der Waals surface area contributed by atoms with E-state index >= 15 is 0 Å². The van der Waals surface area contributed by atoms with Gasteiger partial charge in [0, 0.05) is 22.3 Å². The third-order valence-electron chi connectivity index (χ3n) is 4.48. The molecule has 0 aliphatic heterocycles. The molecule has 0 aliphatic carbocycles. The number of nitrogens with zero attached hydrogens (tertiary/aromatic N) is 3. The van der Waals surface area contributed by atoms with Gasteiger partial charge in [-0.1, -0.05) is 72.3 Å². The molecular weight excluding hydrogens is 396 g/mol. The van der Waals surface area contributed by atoms with Crippen LogP contribution in [0.3, 0.4) is 0 Å². The first-order valence-electron chi connectivity index (χ1n) is 9.46. The van der Waals surface area contributed by atoms with Gasteiger partial charge >= 0.3 is 0 Å². The van der Waals surface area contributed by atoms with E-state index in [1.54, 1.807) is 23.0 Å². The minimum absolute atomic E-state index is 0.203. The van der Waals surface area contributed by atoms with Crippen LogP contribution in [0.1, 0.15) is 11.1 Å². The number of benzene rings is 3. The summed E-state index contributed by atoms with van der Waals surface area (Å²) in [5.74, 6) is -0.203. The van der Waals surface area contributed by atoms with Crippen LogP contribution in [0.15, 0.2) is 96.2 Å². The second-order valence-electron chi connectivity index (χ2n) is 6.68. The van der Waals surface area contributed by atoms with Crippen molar-refractivity contribution < 1.29 is 4.79 Å². The van der Waals surface area contributed by atoms with E-state index in [1.165, 1.54) is 0 Å². The summed E-state index contributed by atoms with van der Waals surface area (Å²) < 4.78 is 1.80. The van der Waals surface area contributed by atoms with Crippen LogP contribution < -0.4 is 5.43 Å². The molecular formula is C24H19ClN4O. The molecule has 0 radical (unpaired) electrons. The first-order chi connectivity index (χ1) is 14.7. The van der Waals surface area contributed by atoms with Crippen LogP contribution >= 0.6 is 11.6 Å². The maximum absolute atomic E-state index is 12.2. The lowest BCUT2D eigenvalue weighted by atomic mass is 10.1. The molecule has 0 bridgehead atoms. The second-order valence-corrected chi connectivity index (χ2v) is 7.11. The van der Waals surface area contributed by atoms with Crippen molar-refractivity contribution in [2.75, 3.05) is 0 Å². The van der Waals surface area contributed by atoms with Gasteiger partial charge < -0.3 is 0 Å². The Balaban J connectivity index is 1.54. The standard InChI is InChI=1S/C24H19ClN4O/c25-21-13-11-18(12-14-21)15-23(30)27-26-16-20-17-29(22-9-5-2-6-10-22)28-24(20)19-7-3-1-4-8-19/h1-14,16-17H,15H2,(H,27,30)/b26-16-. The number of nitrogens with one attached hydrogen (secondary N) is 1. The smallest absolute Gasteiger partial charge is 0.244 e. The quantitative estimate of drug-likeness (QED) is 0.361. The van der Waals surface area contributed by atoms with Crippen molar-refractivity contribution in [3.63, 3.8) is 0 Å². The number of hydrogen-bond donors (Lipinski definition) is 1. The average Bonchev–Trinajstić information content (AvgIpc) is 3.21. The molecule has 6 heteroatoms. The zero-order chi connectivity index (χ0) is 20.8. The predicted molar refractivity (Wildman–Crippen MR) is 120 cm³/mol. The highest BCUT2D eigenvalue weighted by Gasteiger charge is 2.11. The van der Waals surface area contributed by atoms with Gasteiger partial charge in [-0.25, -0.2) is 10.1 Å². The van der Waals surface area contributed by atoms with Crippen LogP contribution in [-0.2, 0) is 11.2 Å². The van der Waals surface area contributed by atoms with Crippen molar-refractivity contribution in [3.8, 4) is 16.9 Å². The zero-order valence-corrected chi connectivity index (χ0v) is 16.8. The molecule has 0 unspecified atom stereocenters. The molecule has 0 atom stereocenters. The number of rotatable bonds is 6. The molecule has 4 aromatic rings. The Hall–Kier alpha value is -3.70. The molecule has 0 aliphatic rings. The Morgan fingerprint density at radius 1 is 0.967 bits per heavy atom. The van der Waals surface area contributed by atoms with Crippen LogP contribution in [0.2, 0.25) is 5.02 Å². The van der Waals surface area contributed by atoms with Gasteiger partial charge in [-0.05, 0) is 29.8 Å². The van der Waals surface area contributed by atoms with Gasteiger partial charge in [0.1, 0.15) is 5.69 Å². The Bertz CT molecular complexity index is 1150. The number of halogens is 1. The van der Waals surface area contributed by atoms with Crippen LogP contribution in [0.25, 0.3) is 16.9 Å². The molecule has 1 aromatic heterocycles. The minimum atomic E-state index is -0.203. The summed E-state index contributed by atoms with van der Waals surface area (Å²) in [7, 11) is 0. The third kappa shape index (κ3) is 4.82. The molecule has 5 nitrogen and oxygen atoms in total. The number of carbonyl (C=O) groups excluding carboxylic acids is 1. The van der Waals surface area contributed by atoms with Crippen molar-refractivity contribution in [3.05, 3.63) is 107 Å². The van der Waals surface area contributed by atoms with E-state index in [9.17, 15) is 4.79 Å². The number of hydrazone groups is 1. The fourth-order valence-corrected chi connectivity index (χ4v) is 3.14. The van der Waals surface area contributed by atoms with E-state index in [4.69, 9.17) is 16.7 Å². The van der Waals surface area contributed by atoms with Crippen LogP contribution in [0, 0.1) is 0 Å². The Kier molecular flexibility index (Phi) is 6.01. The fraction of sp³-hybridized carbons (Fsp3) is 0.0417. The van der Waals surface area contributed by atoms with Gasteiger partial charge in [0.25, 0.3) is 0 Å². The maximum Gasteiger partial charge on any atom is 0.244 e. The highest BCUT2D eigenvalue weighted by atomic mass is 35.5. The van der Waals surface area contributed by atoms with Gasteiger partial charge in [0.2, 0.25) is 5.91 Å². The highest BCUT2D eigenvalue weighted by molar-refractivity contribution is 6.30. The predicted octanol–water partition coefficient (Wildman–Crippen LogP) is 4.89. The summed E-state index contributed by atoms with van der Waals surface area (Å²) in [4.78, 5) is 12.2. The molecule has 0 fully saturated rings. The van der Waals surface area contributed by atoms with Crippen LogP contribution in [-0.4, -0.2) is 21.9 Å². The molecule has 30 heavy (non-hydrogen) atoms. The fourth-order valence-electron chi connectivity index (χ4n) is 3.02. The summed E-state index contributed by atoms with van der Waals surface area (Å²) in [5, 5.41) is 9.51. The van der Waals surface area contributed by atoms with Crippen LogP contribution in [0.5, 0.6) is 0 Å². The molecule has 0 saturated carbocycles. The van der Waals surface area contributed by atoms with Crippen molar-refractivity contribution in [2.24, 2.45) is 5.10 Å². The number of carbonyl (C=O) groups is 1. The monoisotopic (exact) mass is 414 g/mol. The Morgan fingerprint density at radius 3 is 2.33 bits per heavy atom. The molecule has 4 rings (SSSR count). The Morgan fingerprint density at radius 2 is 1.63 bits per heavy atom. The van der Waals surface area contributed by atoms with Gasteiger partial charge in [-0.3, -0.25) is 4.79 Å². The normalized spacial score (nSPS) is 11.0. The van der Waals surface area contributed by atoms with E-state index in [2.05, 4.69) is 10.5 Å². The van der Waals surface area contributed by atoms with Crippen molar-refractivity contribution >= 4 is 23.7 Å². The SMILES string of the molecule is O=C(Cc1ccc(Cl)cc1)N/N=C\c1cn(-c2ccccc2)nc1-c1ccccc1. The van der Waals surface area contributed by atoms with E-state index in [0.29, 0.717) is 5.02 Å². The molecule has 148 valence electrons. The summed E-state index contributed by atoms with van der Waals surface area (Å²) in [6, 6.07) is 26.9. The molecule has 3 aromatic carbocycles. The topological polar surface area (TPSA) is 59.3 Å². The van der Waals surface area contributed by atoms with E-state index in [-0.39, 0.29) is 12.3 Å². The average molecular weight is 415 g/mol. The molecule has 0 spiro atoms. The first-order valence-corrected chi connectivity index (χ1v) is 9.84. The van der Waals surface area contributed by atoms with Crippen molar-refractivity contribution in [1.29, 1.82) is 0 Å². The third-order valence-corrected chi connectivity index (χ3v) is 4.73. The summed E-state index contributed by atoms with van der Waals surface area (Å²) >= 11 is 5.88. The lowest BCUT2D eigenvalue weighted by Crippen LogP contribution is -2.19. The zero-order valence-electron chi connectivity index (χ0n) is 16.1. The summed E-state index contributed by atoms with van der Waals surface area (Å²) in [5.41, 5.74) is 6.96. The van der Waals surface area contributed by atoms with Gasteiger partial charge in [-0.15, -0.1) is 0 Å². The Labute approximate surface area is 179 Å².